The van der Waals surface area contributed by atoms with Gasteiger partial charge in [-0.05, 0) is 31.9 Å². The summed E-state index contributed by atoms with van der Waals surface area (Å²) < 4.78 is 0. The summed E-state index contributed by atoms with van der Waals surface area (Å²) in [6, 6.07) is 3.73. The summed E-state index contributed by atoms with van der Waals surface area (Å²) in [4.78, 5) is 18.4. The predicted octanol–water partition coefficient (Wildman–Crippen LogP) is 2.14. The van der Waals surface area contributed by atoms with Crippen LogP contribution < -0.4 is 5.32 Å². The fourth-order valence-corrected chi connectivity index (χ4v) is 2.26. The lowest BCUT2D eigenvalue weighted by molar-refractivity contribution is 0.0616. The molecule has 0 bridgehead atoms. The van der Waals surface area contributed by atoms with Crippen LogP contribution >= 0.6 is 0 Å². The number of carbonyl (C=O) groups is 1. The maximum atomic E-state index is 12.5. The molecule has 0 radical (unpaired) electrons. The molecule has 0 saturated carbocycles. The molecule has 5 nitrogen and oxygen atoms in total. The van der Waals surface area contributed by atoms with Crippen LogP contribution in [-0.2, 0) is 0 Å². The fraction of sp³-hybridized carbons (Fsp3) is 0.600. The number of aromatic nitrogens is 1. The van der Waals surface area contributed by atoms with Gasteiger partial charge in [-0.15, -0.1) is 0 Å². The summed E-state index contributed by atoms with van der Waals surface area (Å²) in [5.41, 5.74) is 1.33. The Balaban J connectivity index is 2.87. The summed E-state index contributed by atoms with van der Waals surface area (Å²) >= 11 is 0. The van der Waals surface area contributed by atoms with Gasteiger partial charge in [-0.25, -0.2) is 4.98 Å². The van der Waals surface area contributed by atoms with Crippen LogP contribution in [0.2, 0.25) is 0 Å². The highest BCUT2D eigenvalue weighted by Gasteiger charge is 2.22. The normalized spacial score (nSPS) is 10.7. The minimum absolute atomic E-state index is 0.0300. The predicted molar refractivity (Wildman–Crippen MR) is 80.9 cm³/mol. The van der Waals surface area contributed by atoms with E-state index in [1.165, 1.54) is 0 Å². The zero-order valence-corrected chi connectivity index (χ0v) is 12.6. The Bertz CT molecular complexity index is 402. The molecule has 0 atom stereocenters. The van der Waals surface area contributed by atoms with Crippen LogP contribution in [0.3, 0.4) is 0 Å². The third-order valence-electron chi connectivity index (χ3n) is 3.35. The van der Waals surface area contributed by atoms with Gasteiger partial charge in [0, 0.05) is 19.1 Å². The van der Waals surface area contributed by atoms with Gasteiger partial charge in [0.05, 0.1) is 18.5 Å². The quantitative estimate of drug-likeness (QED) is 0.765. The highest BCUT2D eigenvalue weighted by Crippen LogP contribution is 2.13. The van der Waals surface area contributed by atoms with Gasteiger partial charge >= 0.3 is 0 Å². The second-order valence-corrected chi connectivity index (χ2v) is 4.65. The van der Waals surface area contributed by atoms with Crippen molar-refractivity contribution in [2.24, 2.45) is 0 Å². The highest BCUT2D eigenvalue weighted by atomic mass is 16.3. The van der Waals surface area contributed by atoms with Crippen molar-refractivity contribution in [3.8, 4) is 0 Å². The van der Waals surface area contributed by atoms with Gasteiger partial charge in [-0.2, -0.15) is 0 Å². The lowest BCUT2D eigenvalue weighted by atomic mass is 10.1. The van der Waals surface area contributed by atoms with Crippen molar-refractivity contribution in [3.05, 3.63) is 24.0 Å². The number of amides is 1. The van der Waals surface area contributed by atoms with Gasteiger partial charge in [0.15, 0.2) is 0 Å². The second kappa shape index (κ2) is 8.53. The molecule has 1 rings (SSSR count). The number of rotatable bonds is 8. The summed E-state index contributed by atoms with van der Waals surface area (Å²) in [5.74, 6) is -0.115. The van der Waals surface area contributed by atoms with E-state index in [2.05, 4.69) is 10.3 Å². The standard InChI is InChI=1S/C15H25N3O2/c1-4-13(5-2)18(9-10-19)15(20)14-8-7-12(11-17-14)16-6-3/h7-8,11,13,16,19H,4-6,9-10H2,1-3H3. The highest BCUT2D eigenvalue weighted by molar-refractivity contribution is 5.92. The van der Waals surface area contributed by atoms with E-state index in [4.69, 9.17) is 5.11 Å². The van der Waals surface area contributed by atoms with Crippen molar-refractivity contribution in [2.75, 3.05) is 25.0 Å². The Morgan fingerprint density at radius 1 is 1.35 bits per heavy atom. The number of hydrogen-bond acceptors (Lipinski definition) is 4. The molecule has 0 fully saturated rings. The Labute approximate surface area is 121 Å². The summed E-state index contributed by atoms with van der Waals surface area (Å²) in [6.07, 6.45) is 3.41. The first-order valence-corrected chi connectivity index (χ1v) is 7.29. The van der Waals surface area contributed by atoms with Gasteiger partial charge in [0.1, 0.15) is 5.69 Å². The molecule has 1 aromatic heterocycles. The second-order valence-electron chi connectivity index (χ2n) is 4.65. The Hall–Kier alpha value is -1.62. The molecular weight excluding hydrogens is 254 g/mol. The number of nitrogens with one attached hydrogen (secondary N) is 1. The summed E-state index contributed by atoms with van der Waals surface area (Å²) in [5, 5.41) is 12.3. The lowest BCUT2D eigenvalue weighted by Gasteiger charge is -2.29. The molecule has 1 heterocycles. The maximum Gasteiger partial charge on any atom is 0.272 e. The van der Waals surface area contributed by atoms with Crippen molar-refractivity contribution >= 4 is 11.6 Å². The van der Waals surface area contributed by atoms with E-state index >= 15 is 0 Å². The number of anilines is 1. The van der Waals surface area contributed by atoms with Crippen LogP contribution in [0, 0.1) is 0 Å². The van der Waals surface area contributed by atoms with E-state index in [1.807, 2.05) is 26.8 Å². The topological polar surface area (TPSA) is 65.5 Å². The molecule has 0 unspecified atom stereocenters. The van der Waals surface area contributed by atoms with Crippen LogP contribution in [0.4, 0.5) is 5.69 Å². The van der Waals surface area contributed by atoms with Gasteiger partial charge < -0.3 is 15.3 Å². The summed E-state index contributed by atoms with van der Waals surface area (Å²) in [7, 11) is 0. The van der Waals surface area contributed by atoms with Crippen molar-refractivity contribution < 1.29 is 9.90 Å². The van der Waals surface area contributed by atoms with Crippen molar-refractivity contribution in [3.63, 3.8) is 0 Å². The van der Waals surface area contributed by atoms with Gasteiger partial charge in [-0.1, -0.05) is 13.8 Å². The third kappa shape index (κ3) is 4.20. The van der Waals surface area contributed by atoms with E-state index < -0.39 is 0 Å². The largest absolute Gasteiger partial charge is 0.395 e. The molecule has 20 heavy (non-hydrogen) atoms. The number of hydrogen-bond donors (Lipinski definition) is 2. The molecule has 112 valence electrons. The van der Waals surface area contributed by atoms with Crippen LogP contribution in [-0.4, -0.2) is 46.6 Å². The molecular formula is C15H25N3O2. The fourth-order valence-electron chi connectivity index (χ4n) is 2.26. The van der Waals surface area contributed by atoms with E-state index in [0.717, 1.165) is 25.1 Å². The number of nitrogens with zero attached hydrogens (tertiary/aromatic N) is 2. The van der Waals surface area contributed by atoms with Crippen molar-refractivity contribution in [1.29, 1.82) is 0 Å². The average molecular weight is 279 g/mol. The molecule has 0 aliphatic carbocycles. The minimum atomic E-state index is -0.115. The van der Waals surface area contributed by atoms with Crippen molar-refractivity contribution in [2.45, 2.75) is 39.7 Å². The average Bonchev–Trinajstić information content (AvgIpc) is 2.48. The van der Waals surface area contributed by atoms with E-state index in [9.17, 15) is 4.79 Å². The van der Waals surface area contributed by atoms with Crippen LogP contribution in [0.1, 0.15) is 44.1 Å². The first kappa shape index (κ1) is 16.4. The maximum absolute atomic E-state index is 12.5. The Kier molecular flexibility index (Phi) is 7.01. The smallest absolute Gasteiger partial charge is 0.272 e. The summed E-state index contributed by atoms with van der Waals surface area (Å²) in [6.45, 7) is 7.25. The molecule has 0 aliphatic rings. The van der Waals surface area contributed by atoms with E-state index in [-0.39, 0.29) is 18.6 Å². The van der Waals surface area contributed by atoms with E-state index in [0.29, 0.717) is 12.2 Å². The minimum Gasteiger partial charge on any atom is -0.395 e. The van der Waals surface area contributed by atoms with Gasteiger partial charge in [0.2, 0.25) is 0 Å². The number of pyridine rings is 1. The van der Waals surface area contributed by atoms with Gasteiger partial charge in [0.25, 0.3) is 5.91 Å². The first-order valence-electron chi connectivity index (χ1n) is 7.29. The Morgan fingerprint density at radius 2 is 2.05 bits per heavy atom. The number of aliphatic hydroxyl groups excluding tert-OH is 1. The SMILES string of the molecule is CCNc1ccc(C(=O)N(CCO)C(CC)CC)nc1. The molecule has 1 aromatic rings. The van der Waals surface area contributed by atoms with E-state index in [1.54, 1.807) is 17.2 Å². The zero-order chi connectivity index (χ0) is 15.0. The van der Waals surface area contributed by atoms with Gasteiger partial charge in [-0.3, -0.25) is 4.79 Å². The van der Waals surface area contributed by atoms with Crippen molar-refractivity contribution in [1.82, 2.24) is 9.88 Å². The van der Waals surface area contributed by atoms with Crippen LogP contribution in [0.5, 0.6) is 0 Å². The zero-order valence-electron chi connectivity index (χ0n) is 12.6. The molecule has 5 heteroatoms. The molecule has 1 amide bonds. The molecule has 0 aliphatic heterocycles. The molecule has 2 N–H and O–H groups in total. The first-order chi connectivity index (χ1) is 9.67. The number of aliphatic hydroxyl groups is 1. The lowest BCUT2D eigenvalue weighted by Crippen LogP contribution is -2.41. The molecule has 0 saturated heterocycles. The monoisotopic (exact) mass is 279 g/mol. The Morgan fingerprint density at radius 3 is 2.50 bits per heavy atom. The van der Waals surface area contributed by atoms with Crippen LogP contribution in [0.25, 0.3) is 0 Å². The number of carbonyl (C=O) groups excluding carboxylic acids is 1. The molecule has 0 aromatic carbocycles. The molecule has 0 spiro atoms. The van der Waals surface area contributed by atoms with Crippen LogP contribution in [0.15, 0.2) is 18.3 Å². The third-order valence-corrected chi connectivity index (χ3v) is 3.35.